The van der Waals surface area contributed by atoms with Crippen molar-refractivity contribution in [2.75, 3.05) is 33.4 Å². The molecule has 0 saturated carbocycles. The van der Waals surface area contributed by atoms with Crippen LogP contribution < -0.4 is 10.6 Å². The molecule has 4 nitrogen and oxygen atoms in total. The lowest BCUT2D eigenvalue weighted by Crippen LogP contribution is -2.30. The molecular formula is C12H25ClN2O2. The van der Waals surface area contributed by atoms with E-state index in [4.69, 9.17) is 4.74 Å². The number of carbonyl (C=O) groups excluding carboxylic acids is 1. The van der Waals surface area contributed by atoms with E-state index in [0.717, 1.165) is 26.1 Å². The van der Waals surface area contributed by atoms with E-state index in [2.05, 4.69) is 17.6 Å². The van der Waals surface area contributed by atoms with Gasteiger partial charge in [-0.15, -0.1) is 12.4 Å². The van der Waals surface area contributed by atoms with E-state index in [1.54, 1.807) is 7.11 Å². The minimum Gasteiger partial charge on any atom is -0.384 e. The molecule has 1 saturated heterocycles. The van der Waals surface area contributed by atoms with Crippen LogP contribution in [0.4, 0.5) is 0 Å². The molecule has 0 spiro atoms. The van der Waals surface area contributed by atoms with Gasteiger partial charge in [0.25, 0.3) is 0 Å². The third kappa shape index (κ3) is 7.58. The Labute approximate surface area is 110 Å². The summed E-state index contributed by atoms with van der Waals surface area (Å²) in [6.45, 7) is 5.68. The van der Waals surface area contributed by atoms with Crippen LogP contribution in [0.25, 0.3) is 0 Å². The van der Waals surface area contributed by atoms with Crippen LogP contribution in [0.15, 0.2) is 0 Å². The summed E-state index contributed by atoms with van der Waals surface area (Å²) < 4.78 is 5.02. The lowest BCUT2D eigenvalue weighted by molar-refractivity contribution is -0.121. The van der Waals surface area contributed by atoms with Crippen LogP contribution in [0.1, 0.15) is 26.2 Å². The van der Waals surface area contributed by atoms with Gasteiger partial charge in [0.2, 0.25) is 5.91 Å². The molecular weight excluding hydrogens is 240 g/mol. The van der Waals surface area contributed by atoms with E-state index in [9.17, 15) is 4.79 Å². The minimum absolute atomic E-state index is 0. The number of methoxy groups -OCH3 is 1. The van der Waals surface area contributed by atoms with E-state index in [-0.39, 0.29) is 18.3 Å². The van der Waals surface area contributed by atoms with Crippen LogP contribution in [-0.2, 0) is 9.53 Å². The first-order chi connectivity index (χ1) is 7.72. The molecule has 1 aliphatic rings. The quantitative estimate of drug-likeness (QED) is 0.727. The first kappa shape index (κ1) is 16.7. The molecule has 2 atom stereocenters. The van der Waals surface area contributed by atoms with Gasteiger partial charge >= 0.3 is 0 Å². The first-order valence-electron chi connectivity index (χ1n) is 6.18. The summed E-state index contributed by atoms with van der Waals surface area (Å²) in [5, 5.41) is 6.27. The van der Waals surface area contributed by atoms with Crippen LogP contribution in [0.3, 0.4) is 0 Å². The van der Waals surface area contributed by atoms with Gasteiger partial charge in [-0.05, 0) is 37.8 Å². The fourth-order valence-corrected chi connectivity index (χ4v) is 2.02. The van der Waals surface area contributed by atoms with Gasteiger partial charge < -0.3 is 15.4 Å². The third-order valence-corrected chi connectivity index (χ3v) is 3.04. The zero-order valence-corrected chi connectivity index (χ0v) is 11.6. The number of hydrogen-bond donors (Lipinski definition) is 2. The monoisotopic (exact) mass is 264 g/mol. The highest BCUT2D eigenvalue weighted by Gasteiger charge is 2.15. The second-order valence-corrected chi connectivity index (χ2v) is 4.76. The molecule has 1 heterocycles. The Morgan fingerprint density at radius 3 is 2.94 bits per heavy atom. The van der Waals surface area contributed by atoms with Gasteiger partial charge in [0.05, 0.1) is 6.61 Å². The first-order valence-corrected chi connectivity index (χ1v) is 6.18. The summed E-state index contributed by atoms with van der Waals surface area (Å²) in [6, 6.07) is 0. The number of carbonyl (C=O) groups is 1. The summed E-state index contributed by atoms with van der Waals surface area (Å²) in [4.78, 5) is 11.5. The Bertz CT molecular complexity index is 209. The van der Waals surface area contributed by atoms with E-state index in [1.165, 1.54) is 6.42 Å². The van der Waals surface area contributed by atoms with E-state index in [1.807, 2.05) is 0 Å². The maximum Gasteiger partial charge on any atom is 0.220 e. The molecule has 0 aromatic rings. The van der Waals surface area contributed by atoms with Crippen LogP contribution >= 0.6 is 12.4 Å². The van der Waals surface area contributed by atoms with Gasteiger partial charge in [-0.2, -0.15) is 0 Å². The number of halogens is 1. The summed E-state index contributed by atoms with van der Waals surface area (Å²) in [5.41, 5.74) is 0. The lowest BCUT2D eigenvalue weighted by Gasteiger charge is -2.12. The normalized spacial score (nSPS) is 20.7. The highest BCUT2D eigenvalue weighted by Crippen LogP contribution is 2.13. The molecule has 102 valence electrons. The molecule has 0 bridgehead atoms. The molecule has 1 aliphatic heterocycles. The van der Waals surface area contributed by atoms with Crippen LogP contribution in [-0.4, -0.2) is 39.3 Å². The van der Waals surface area contributed by atoms with E-state index < -0.39 is 0 Å². The highest BCUT2D eigenvalue weighted by atomic mass is 35.5. The SMILES string of the molecule is COCC(C)CNC(=O)CCC1CCNC1.Cl. The summed E-state index contributed by atoms with van der Waals surface area (Å²) >= 11 is 0. The molecule has 1 fully saturated rings. The number of nitrogens with one attached hydrogen (secondary N) is 2. The molecule has 1 rings (SSSR count). The topological polar surface area (TPSA) is 50.4 Å². The molecule has 0 radical (unpaired) electrons. The highest BCUT2D eigenvalue weighted by molar-refractivity contribution is 5.85. The van der Waals surface area contributed by atoms with Gasteiger partial charge in [0, 0.05) is 20.1 Å². The Morgan fingerprint density at radius 1 is 1.59 bits per heavy atom. The van der Waals surface area contributed by atoms with Crippen molar-refractivity contribution in [3.63, 3.8) is 0 Å². The zero-order chi connectivity index (χ0) is 11.8. The van der Waals surface area contributed by atoms with Crippen LogP contribution in [0, 0.1) is 11.8 Å². The largest absolute Gasteiger partial charge is 0.384 e. The Balaban J connectivity index is 0.00000256. The second-order valence-electron chi connectivity index (χ2n) is 4.76. The number of rotatable bonds is 7. The van der Waals surface area contributed by atoms with Crippen molar-refractivity contribution in [3.8, 4) is 0 Å². The standard InChI is InChI=1S/C12H24N2O2.ClH/c1-10(9-16-2)7-14-12(15)4-3-11-5-6-13-8-11;/h10-11,13H,3-9H2,1-2H3,(H,14,15);1H. The second kappa shape index (κ2) is 9.68. The molecule has 0 aliphatic carbocycles. The summed E-state index contributed by atoms with van der Waals surface area (Å²) in [6.07, 6.45) is 2.89. The van der Waals surface area contributed by atoms with Gasteiger partial charge in [0.15, 0.2) is 0 Å². The molecule has 0 aromatic heterocycles. The Hall–Kier alpha value is -0.320. The predicted molar refractivity (Wildman–Crippen MR) is 71.5 cm³/mol. The van der Waals surface area contributed by atoms with E-state index >= 15 is 0 Å². The number of ether oxygens (including phenoxy) is 1. The third-order valence-electron chi connectivity index (χ3n) is 3.04. The maximum atomic E-state index is 11.5. The minimum atomic E-state index is 0. The average Bonchev–Trinajstić information content (AvgIpc) is 2.77. The Morgan fingerprint density at radius 2 is 2.35 bits per heavy atom. The molecule has 2 N–H and O–H groups in total. The zero-order valence-electron chi connectivity index (χ0n) is 10.8. The fraction of sp³-hybridized carbons (Fsp3) is 0.917. The lowest BCUT2D eigenvalue weighted by atomic mass is 10.0. The van der Waals surface area contributed by atoms with E-state index in [0.29, 0.717) is 24.9 Å². The fourth-order valence-electron chi connectivity index (χ4n) is 2.02. The van der Waals surface area contributed by atoms with Crippen LogP contribution in [0.2, 0.25) is 0 Å². The Kier molecular flexibility index (Phi) is 9.50. The van der Waals surface area contributed by atoms with Crippen molar-refractivity contribution >= 4 is 18.3 Å². The molecule has 0 aromatic carbocycles. The van der Waals surface area contributed by atoms with Crippen molar-refractivity contribution in [3.05, 3.63) is 0 Å². The summed E-state index contributed by atoms with van der Waals surface area (Å²) in [5.74, 6) is 1.26. The molecule has 17 heavy (non-hydrogen) atoms. The van der Waals surface area contributed by atoms with Gasteiger partial charge in [0.1, 0.15) is 0 Å². The smallest absolute Gasteiger partial charge is 0.220 e. The average molecular weight is 265 g/mol. The number of amides is 1. The van der Waals surface area contributed by atoms with Crippen LogP contribution in [0.5, 0.6) is 0 Å². The van der Waals surface area contributed by atoms with Gasteiger partial charge in [-0.25, -0.2) is 0 Å². The molecule has 2 unspecified atom stereocenters. The van der Waals surface area contributed by atoms with Crippen molar-refractivity contribution in [1.29, 1.82) is 0 Å². The van der Waals surface area contributed by atoms with Crippen molar-refractivity contribution < 1.29 is 9.53 Å². The predicted octanol–water partition coefficient (Wildman–Crippen LogP) is 1.20. The van der Waals surface area contributed by atoms with Crippen molar-refractivity contribution in [1.82, 2.24) is 10.6 Å². The molecule has 5 heteroatoms. The molecule has 1 amide bonds. The van der Waals surface area contributed by atoms with Gasteiger partial charge in [-0.3, -0.25) is 4.79 Å². The van der Waals surface area contributed by atoms with Gasteiger partial charge in [-0.1, -0.05) is 6.92 Å². The maximum absolute atomic E-state index is 11.5. The number of hydrogen-bond acceptors (Lipinski definition) is 3. The van der Waals surface area contributed by atoms with Crippen molar-refractivity contribution in [2.45, 2.75) is 26.2 Å². The van der Waals surface area contributed by atoms with Crippen molar-refractivity contribution in [2.24, 2.45) is 11.8 Å². The summed E-state index contributed by atoms with van der Waals surface area (Å²) in [7, 11) is 1.69.